The predicted octanol–water partition coefficient (Wildman–Crippen LogP) is 4.91. The summed E-state index contributed by atoms with van der Waals surface area (Å²) in [5, 5.41) is 4.35. The summed E-state index contributed by atoms with van der Waals surface area (Å²) in [6.07, 6.45) is 0. The van der Waals surface area contributed by atoms with Gasteiger partial charge in [-0.3, -0.25) is 9.20 Å². The number of hydrogen-bond acceptors (Lipinski definition) is 4. The van der Waals surface area contributed by atoms with E-state index in [2.05, 4.69) is 5.32 Å². The number of para-hydroxylation sites is 3. The van der Waals surface area contributed by atoms with E-state index >= 15 is 0 Å². The summed E-state index contributed by atoms with van der Waals surface area (Å²) in [5.41, 5.74) is 3.87. The molecule has 3 aromatic carbocycles. The number of amides is 1. The Balaban J connectivity index is 1.52. The molecule has 0 saturated heterocycles. The molecule has 0 saturated carbocycles. The summed E-state index contributed by atoms with van der Waals surface area (Å²) in [4.78, 5) is 21.9. The van der Waals surface area contributed by atoms with Crippen LogP contribution in [0.3, 0.4) is 0 Å². The fourth-order valence-electron chi connectivity index (χ4n) is 3.30. The van der Waals surface area contributed by atoms with Gasteiger partial charge in [-0.1, -0.05) is 42.1 Å². The number of nitrogens with one attached hydrogen (secondary N) is 1. The molecule has 0 atom stereocenters. The molecule has 0 spiro atoms. The molecule has 0 radical (unpaired) electrons. The van der Waals surface area contributed by atoms with E-state index in [1.807, 2.05) is 52.9 Å². The van der Waals surface area contributed by atoms with Gasteiger partial charge in [0.1, 0.15) is 11.5 Å². The van der Waals surface area contributed by atoms with Gasteiger partial charge in [0.25, 0.3) is 0 Å². The zero-order chi connectivity index (χ0) is 19.8. The van der Waals surface area contributed by atoms with Crippen LogP contribution >= 0.6 is 11.8 Å². The fourth-order valence-corrected chi connectivity index (χ4v) is 4.11. The highest BCUT2D eigenvalue weighted by molar-refractivity contribution is 7.99. The quantitative estimate of drug-likeness (QED) is 0.343. The molecule has 0 aliphatic carbocycles. The van der Waals surface area contributed by atoms with E-state index in [-0.39, 0.29) is 11.7 Å². The van der Waals surface area contributed by atoms with Crippen molar-refractivity contribution in [2.24, 2.45) is 0 Å². The number of carbonyl (C=O) groups excluding carboxylic acids is 1. The van der Waals surface area contributed by atoms with E-state index in [1.165, 1.54) is 23.9 Å². The Hall–Kier alpha value is -3.45. The van der Waals surface area contributed by atoms with Gasteiger partial charge in [0.15, 0.2) is 5.16 Å². The second-order valence-electron chi connectivity index (χ2n) is 6.52. The van der Waals surface area contributed by atoms with Gasteiger partial charge in [0, 0.05) is 11.1 Å². The Morgan fingerprint density at radius 2 is 1.76 bits per heavy atom. The van der Waals surface area contributed by atoms with Gasteiger partial charge in [-0.05, 0) is 42.5 Å². The Morgan fingerprint density at radius 1 is 0.966 bits per heavy atom. The number of nitrogens with zero attached hydrogens (tertiary/aromatic N) is 3. The third-order valence-electron chi connectivity index (χ3n) is 4.55. The summed E-state index contributed by atoms with van der Waals surface area (Å²) in [5.74, 6) is -0.477. The van der Waals surface area contributed by atoms with Crippen molar-refractivity contribution >= 4 is 50.9 Å². The first-order valence-corrected chi connectivity index (χ1v) is 10.0. The SMILES string of the molecule is O=C(CSc1nc2ccccc2c2nc3ccccc3n12)Nc1cccc(F)c1. The highest BCUT2D eigenvalue weighted by atomic mass is 32.2. The van der Waals surface area contributed by atoms with Crippen molar-refractivity contribution in [2.45, 2.75) is 5.16 Å². The van der Waals surface area contributed by atoms with Crippen molar-refractivity contribution in [1.82, 2.24) is 14.4 Å². The van der Waals surface area contributed by atoms with Crippen molar-refractivity contribution in [3.8, 4) is 0 Å². The topological polar surface area (TPSA) is 59.3 Å². The van der Waals surface area contributed by atoms with Crippen LogP contribution in [-0.4, -0.2) is 26.0 Å². The minimum Gasteiger partial charge on any atom is -0.325 e. The van der Waals surface area contributed by atoms with Crippen molar-refractivity contribution in [3.63, 3.8) is 0 Å². The molecule has 5 rings (SSSR count). The van der Waals surface area contributed by atoms with E-state index in [4.69, 9.17) is 9.97 Å². The highest BCUT2D eigenvalue weighted by Gasteiger charge is 2.15. The van der Waals surface area contributed by atoms with Crippen molar-refractivity contribution < 1.29 is 9.18 Å². The average Bonchev–Trinajstić information content (AvgIpc) is 3.12. The van der Waals surface area contributed by atoms with Crippen molar-refractivity contribution in [3.05, 3.63) is 78.6 Å². The second-order valence-corrected chi connectivity index (χ2v) is 7.46. The zero-order valence-electron chi connectivity index (χ0n) is 15.2. The van der Waals surface area contributed by atoms with E-state index in [1.54, 1.807) is 12.1 Å². The maximum absolute atomic E-state index is 13.3. The van der Waals surface area contributed by atoms with Crippen LogP contribution in [0.1, 0.15) is 0 Å². The minimum absolute atomic E-state index is 0.142. The van der Waals surface area contributed by atoms with Crippen LogP contribution in [0.5, 0.6) is 0 Å². The van der Waals surface area contributed by atoms with Crippen LogP contribution in [0.25, 0.3) is 27.6 Å². The number of anilines is 1. The summed E-state index contributed by atoms with van der Waals surface area (Å²) in [7, 11) is 0. The number of imidazole rings is 1. The van der Waals surface area contributed by atoms with E-state index in [0.717, 1.165) is 27.6 Å². The molecule has 0 fully saturated rings. The third kappa shape index (κ3) is 3.30. The number of hydrogen-bond donors (Lipinski definition) is 1. The molecule has 0 bridgehead atoms. The summed E-state index contributed by atoms with van der Waals surface area (Å²) in [6.45, 7) is 0. The molecule has 0 aliphatic heterocycles. The molecule has 5 nitrogen and oxygen atoms in total. The Kier molecular flexibility index (Phi) is 4.37. The summed E-state index contributed by atoms with van der Waals surface area (Å²) >= 11 is 1.32. The largest absolute Gasteiger partial charge is 0.325 e. The zero-order valence-corrected chi connectivity index (χ0v) is 16.0. The minimum atomic E-state index is -0.391. The normalized spacial score (nSPS) is 11.3. The smallest absolute Gasteiger partial charge is 0.234 e. The first-order valence-electron chi connectivity index (χ1n) is 9.03. The Bertz CT molecular complexity index is 1380. The molecular formula is C22H15FN4OS. The molecule has 2 heterocycles. The monoisotopic (exact) mass is 402 g/mol. The lowest BCUT2D eigenvalue weighted by Gasteiger charge is -2.09. The molecule has 5 aromatic rings. The van der Waals surface area contributed by atoms with E-state index in [0.29, 0.717) is 10.8 Å². The standard InChI is InChI=1S/C22H15FN4OS/c23-14-6-5-7-15(12-14)24-20(28)13-29-22-26-17-9-2-1-8-16(17)21-25-18-10-3-4-11-19(18)27(21)22/h1-12H,13H2,(H,24,28). The van der Waals surface area contributed by atoms with Gasteiger partial charge in [-0.2, -0.15) is 0 Å². The lowest BCUT2D eigenvalue weighted by Crippen LogP contribution is -2.14. The van der Waals surface area contributed by atoms with Crippen LogP contribution in [0.4, 0.5) is 10.1 Å². The molecule has 2 aromatic heterocycles. The Labute approximate surface area is 169 Å². The van der Waals surface area contributed by atoms with Gasteiger partial charge in [0.05, 0.1) is 22.3 Å². The predicted molar refractivity (Wildman–Crippen MR) is 114 cm³/mol. The van der Waals surface area contributed by atoms with Gasteiger partial charge < -0.3 is 5.32 Å². The van der Waals surface area contributed by atoms with E-state index < -0.39 is 5.82 Å². The average molecular weight is 402 g/mol. The maximum Gasteiger partial charge on any atom is 0.234 e. The molecule has 142 valence electrons. The lowest BCUT2D eigenvalue weighted by molar-refractivity contribution is -0.113. The van der Waals surface area contributed by atoms with Crippen LogP contribution in [-0.2, 0) is 4.79 Å². The number of carbonyl (C=O) groups is 1. The van der Waals surface area contributed by atoms with Gasteiger partial charge in [-0.15, -0.1) is 0 Å². The number of benzene rings is 3. The van der Waals surface area contributed by atoms with Gasteiger partial charge in [0.2, 0.25) is 5.91 Å². The first kappa shape index (κ1) is 17.6. The molecule has 1 amide bonds. The molecule has 7 heteroatoms. The molecule has 1 N–H and O–H groups in total. The van der Waals surface area contributed by atoms with Crippen LogP contribution in [0, 0.1) is 5.82 Å². The van der Waals surface area contributed by atoms with E-state index in [9.17, 15) is 9.18 Å². The molecular weight excluding hydrogens is 387 g/mol. The third-order valence-corrected chi connectivity index (χ3v) is 5.49. The van der Waals surface area contributed by atoms with Crippen LogP contribution in [0.2, 0.25) is 0 Å². The van der Waals surface area contributed by atoms with Crippen LogP contribution < -0.4 is 5.32 Å². The van der Waals surface area contributed by atoms with Gasteiger partial charge in [-0.25, -0.2) is 14.4 Å². The van der Waals surface area contributed by atoms with Crippen molar-refractivity contribution in [2.75, 3.05) is 11.1 Å². The second kappa shape index (κ2) is 7.18. The lowest BCUT2D eigenvalue weighted by atomic mass is 10.2. The van der Waals surface area contributed by atoms with Crippen LogP contribution in [0.15, 0.2) is 78.0 Å². The highest BCUT2D eigenvalue weighted by Crippen LogP contribution is 2.29. The fraction of sp³-hybridized carbons (Fsp3) is 0.0455. The number of fused-ring (bicyclic) bond motifs is 5. The maximum atomic E-state index is 13.3. The number of thioether (sulfide) groups is 1. The van der Waals surface area contributed by atoms with Gasteiger partial charge >= 0.3 is 0 Å². The number of aromatic nitrogens is 3. The van der Waals surface area contributed by atoms with Crippen molar-refractivity contribution in [1.29, 1.82) is 0 Å². The first-order chi connectivity index (χ1) is 14.2. The number of rotatable bonds is 4. The summed E-state index contributed by atoms with van der Waals surface area (Å²) < 4.78 is 15.3. The number of halogens is 1. The molecule has 0 aliphatic rings. The molecule has 29 heavy (non-hydrogen) atoms. The molecule has 0 unspecified atom stereocenters. The Morgan fingerprint density at radius 3 is 2.62 bits per heavy atom. The summed E-state index contributed by atoms with van der Waals surface area (Å²) in [6, 6.07) is 21.5.